The van der Waals surface area contributed by atoms with E-state index in [1.807, 2.05) is 24.4 Å². The third kappa shape index (κ3) is 4.27. The van der Waals surface area contributed by atoms with E-state index in [1.165, 1.54) is 11.3 Å². The molecular weight excluding hydrogens is 456 g/mol. The smallest absolute Gasteiger partial charge is 0.409 e. The minimum Gasteiger partial charge on any atom is -0.507 e. The third-order valence-electron chi connectivity index (χ3n) is 6.37. The molecule has 180 valence electrons. The van der Waals surface area contributed by atoms with Crippen molar-refractivity contribution < 1.29 is 29.0 Å². The monoisotopic (exact) mass is 484 g/mol. The number of thiophene rings is 1. The van der Waals surface area contributed by atoms with Gasteiger partial charge < -0.3 is 24.4 Å². The Morgan fingerprint density at radius 3 is 2.53 bits per heavy atom. The lowest BCUT2D eigenvalue weighted by molar-refractivity contribution is -0.142. The van der Waals surface area contributed by atoms with Gasteiger partial charge in [-0.1, -0.05) is 6.07 Å². The molecule has 0 spiro atoms. The van der Waals surface area contributed by atoms with Crippen molar-refractivity contribution in [3.63, 3.8) is 0 Å². The molecular formula is C25H28N2O6S. The van der Waals surface area contributed by atoms with E-state index in [-0.39, 0.29) is 23.5 Å². The van der Waals surface area contributed by atoms with Crippen molar-refractivity contribution in [3.05, 3.63) is 57.3 Å². The molecule has 9 heteroatoms. The number of rotatable bonds is 5. The maximum absolute atomic E-state index is 13.3. The normalized spacial score (nSPS) is 20.6. The minimum atomic E-state index is -0.695. The largest absolute Gasteiger partial charge is 0.507 e. The molecule has 0 saturated carbocycles. The molecule has 1 aromatic heterocycles. The molecule has 0 aliphatic carbocycles. The molecule has 2 saturated heterocycles. The second-order valence-electron chi connectivity index (χ2n) is 8.32. The summed E-state index contributed by atoms with van der Waals surface area (Å²) in [6.45, 7) is 4.74. The van der Waals surface area contributed by atoms with Crippen LogP contribution in [0, 0.1) is 6.92 Å². The summed E-state index contributed by atoms with van der Waals surface area (Å²) in [5.74, 6) is -0.874. The zero-order valence-electron chi connectivity index (χ0n) is 19.4. The number of piperidine rings is 1. The summed E-state index contributed by atoms with van der Waals surface area (Å²) in [4.78, 5) is 42.6. The van der Waals surface area contributed by atoms with Crippen LogP contribution in [0.2, 0.25) is 0 Å². The molecule has 2 aromatic rings. The third-order valence-corrected chi connectivity index (χ3v) is 7.29. The lowest BCUT2D eigenvalue weighted by Crippen LogP contribution is -2.48. The number of amides is 2. The van der Waals surface area contributed by atoms with E-state index in [0.29, 0.717) is 43.9 Å². The van der Waals surface area contributed by atoms with Gasteiger partial charge in [0.15, 0.2) is 0 Å². The first-order valence-corrected chi connectivity index (χ1v) is 12.2. The number of carbonyl (C=O) groups excluding carboxylic acids is 3. The van der Waals surface area contributed by atoms with Gasteiger partial charge in [-0.3, -0.25) is 9.59 Å². The van der Waals surface area contributed by atoms with E-state index in [4.69, 9.17) is 9.47 Å². The van der Waals surface area contributed by atoms with Crippen LogP contribution >= 0.6 is 11.3 Å². The molecule has 0 radical (unpaired) electrons. The average molecular weight is 485 g/mol. The van der Waals surface area contributed by atoms with Crippen molar-refractivity contribution in [2.75, 3.05) is 26.8 Å². The molecule has 2 aliphatic rings. The number of carbonyl (C=O) groups is 3. The summed E-state index contributed by atoms with van der Waals surface area (Å²) in [6.07, 6.45) is 0.678. The summed E-state index contributed by atoms with van der Waals surface area (Å²) in [5.41, 5.74) is 1.31. The molecule has 2 fully saturated rings. The van der Waals surface area contributed by atoms with Gasteiger partial charge in [0.25, 0.3) is 11.7 Å². The fourth-order valence-electron chi connectivity index (χ4n) is 4.67. The molecule has 2 amide bonds. The topological polar surface area (TPSA) is 96.4 Å². The zero-order chi connectivity index (χ0) is 24.4. The number of methoxy groups -OCH3 is 1. The summed E-state index contributed by atoms with van der Waals surface area (Å²) in [6, 6.07) is 8.00. The van der Waals surface area contributed by atoms with Gasteiger partial charge in [0.05, 0.1) is 25.3 Å². The molecule has 1 N–H and O–H groups in total. The Bertz CT molecular complexity index is 1120. The number of ketones is 1. The number of Topliss-reactive ketones (excluding diaryl/α,β-unsaturated/α-hetero) is 1. The van der Waals surface area contributed by atoms with Crippen LogP contribution in [0.3, 0.4) is 0 Å². The van der Waals surface area contributed by atoms with Gasteiger partial charge in [-0.2, -0.15) is 0 Å². The molecule has 1 atom stereocenters. The highest BCUT2D eigenvalue weighted by atomic mass is 32.1. The number of nitrogens with zero attached hydrogens (tertiary/aromatic N) is 2. The fourth-order valence-corrected chi connectivity index (χ4v) is 5.50. The van der Waals surface area contributed by atoms with Gasteiger partial charge in [0.2, 0.25) is 0 Å². The van der Waals surface area contributed by atoms with Gasteiger partial charge in [0, 0.05) is 29.6 Å². The summed E-state index contributed by atoms with van der Waals surface area (Å²) >= 11 is 1.43. The first-order chi connectivity index (χ1) is 16.4. The number of benzene rings is 1. The predicted octanol–water partition coefficient (Wildman–Crippen LogP) is 4.11. The molecule has 1 aromatic carbocycles. The van der Waals surface area contributed by atoms with Crippen molar-refractivity contribution in [2.24, 2.45) is 0 Å². The Balaban J connectivity index is 1.71. The molecule has 2 aliphatic heterocycles. The lowest BCUT2D eigenvalue weighted by Gasteiger charge is -2.38. The van der Waals surface area contributed by atoms with Crippen molar-refractivity contribution in [2.45, 2.75) is 38.8 Å². The number of aryl methyl sites for hydroxylation is 1. The Morgan fingerprint density at radius 2 is 1.94 bits per heavy atom. The van der Waals surface area contributed by atoms with E-state index in [2.05, 4.69) is 0 Å². The van der Waals surface area contributed by atoms with Crippen LogP contribution in [0.1, 0.15) is 41.8 Å². The minimum absolute atomic E-state index is 0.0912. The fraction of sp³-hybridized carbons (Fsp3) is 0.400. The van der Waals surface area contributed by atoms with Gasteiger partial charge in [-0.05, 0) is 61.9 Å². The predicted molar refractivity (Wildman–Crippen MR) is 128 cm³/mol. The molecule has 4 rings (SSSR count). The number of likely N-dealkylation sites (tertiary alicyclic amines) is 2. The Labute approximate surface area is 202 Å². The van der Waals surface area contributed by atoms with Crippen molar-refractivity contribution >= 4 is 34.9 Å². The second kappa shape index (κ2) is 9.89. The summed E-state index contributed by atoms with van der Waals surface area (Å²) < 4.78 is 10.3. The van der Waals surface area contributed by atoms with Gasteiger partial charge >= 0.3 is 6.09 Å². The van der Waals surface area contributed by atoms with Crippen LogP contribution in [-0.2, 0) is 14.3 Å². The Kier molecular flexibility index (Phi) is 6.92. The van der Waals surface area contributed by atoms with Crippen molar-refractivity contribution in [1.29, 1.82) is 0 Å². The van der Waals surface area contributed by atoms with Crippen molar-refractivity contribution in [1.82, 2.24) is 9.80 Å². The molecule has 3 heterocycles. The standard InChI is InChI=1S/C25H28N2O6S/c1-4-33-25(31)26-11-9-16(10-12-26)27-21(19-6-5-13-34-19)20(23(29)24(27)30)22(28)18-8-7-17(32-3)14-15(18)2/h5-8,13-14,16,21,28H,4,9-12H2,1-3H3/b22-20-. The van der Waals surface area contributed by atoms with Crippen LogP contribution in [0.4, 0.5) is 4.79 Å². The van der Waals surface area contributed by atoms with Crippen LogP contribution < -0.4 is 4.74 Å². The lowest BCUT2D eigenvalue weighted by atomic mass is 9.96. The maximum atomic E-state index is 13.3. The van der Waals surface area contributed by atoms with Crippen LogP contribution in [0.5, 0.6) is 5.75 Å². The quantitative estimate of drug-likeness (QED) is 0.390. The Morgan fingerprint density at radius 1 is 1.21 bits per heavy atom. The molecule has 34 heavy (non-hydrogen) atoms. The first-order valence-electron chi connectivity index (χ1n) is 11.3. The van der Waals surface area contributed by atoms with Crippen LogP contribution in [-0.4, -0.2) is 65.5 Å². The zero-order valence-corrected chi connectivity index (χ0v) is 20.3. The highest BCUT2D eigenvalue weighted by Gasteiger charge is 2.49. The maximum Gasteiger partial charge on any atom is 0.409 e. The first kappa shape index (κ1) is 23.8. The van der Waals surface area contributed by atoms with E-state index < -0.39 is 17.7 Å². The van der Waals surface area contributed by atoms with E-state index in [0.717, 1.165) is 10.4 Å². The van der Waals surface area contributed by atoms with Gasteiger partial charge in [-0.25, -0.2) is 4.79 Å². The highest BCUT2D eigenvalue weighted by molar-refractivity contribution is 7.10. The molecule has 1 unspecified atom stereocenters. The van der Waals surface area contributed by atoms with E-state index >= 15 is 0 Å². The van der Waals surface area contributed by atoms with E-state index in [9.17, 15) is 19.5 Å². The molecule has 8 nitrogen and oxygen atoms in total. The average Bonchev–Trinajstić information content (AvgIpc) is 3.46. The number of ether oxygens (including phenoxy) is 2. The number of hydrogen-bond acceptors (Lipinski definition) is 7. The summed E-state index contributed by atoms with van der Waals surface area (Å²) in [7, 11) is 1.56. The SMILES string of the molecule is CCOC(=O)N1CCC(N2C(=O)C(=O)/C(=C(\O)c3ccc(OC)cc3C)C2c2cccs2)CC1. The number of aliphatic hydroxyl groups is 1. The number of hydrogen-bond donors (Lipinski definition) is 1. The second-order valence-corrected chi connectivity index (χ2v) is 9.30. The molecule has 0 bridgehead atoms. The highest BCUT2D eigenvalue weighted by Crippen LogP contribution is 2.44. The van der Waals surface area contributed by atoms with Crippen LogP contribution in [0.15, 0.2) is 41.3 Å². The van der Waals surface area contributed by atoms with E-state index in [1.54, 1.807) is 42.0 Å². The van der Waals surface area contributed by atoms with Gasteiger partial charge in [-0.15, -0.1) is 11.3 Å². The van der Waals surface area contributed by atoms with Crippen molar-refractivity contribution in [3.8, 4) is 5.75 Å². The van der Waals surface area contributed by atoms with Gasteiger partial charge in [0.1, 0.15) is 11.5 Å². The number of aliphatic hydroxyl groups excluding tert-OH is 1. The van der Waals surface area contributed by atoms with Crippen LogP contribution in [0.25, 0.3) is 5.76 Å². The summed E-state index contributed by atoms with van der Waals surface area (Å²) in [5, 5.41) is 13.2. The Hall–Kier alpha value is -3.33.